The van der Waals surface area contributed by atoms with E-state index in [1.807, 2.05) is 0 Å². The van der Waals surface area contributed by atoms with Gasteiger partial charge < -0.3 is 24.8 Å². The molecule has 150 valence electrons. The summed E-state index contributed by atoms with van der Waals surface area (Å²) in [7, 11) is 1.36. The summed E-state index contributed by atoms with van der Waals surface area (Å²) in [4.78, 5) is 29.1. The van der Waals surface area contributed by atoms with E-state index < -0.39 is 22.9 Å². The molecule has 0 spiro atoms. The molecule has 1 aromatic carbocycles. The second-order valence-electron chi connectivity index (χ2n) is 7.13. The number of carbonyl (C=O) groups is 1. The molecule has 1 aliphatic rings. The van der Waals surface area contributed by atoms with Crippen LogP contribution in [-0.4, -0.2) is 58.9 Å². The quantitative estimate of drug-likeness (QED) is 0.706. The minimum Gasteiger partial charge on any atom is -0.491 e. The standard InChI is InChI=1S/C20H23FN2O5/c1-28-17-10-22-15(8-16(17)25)19(27)23-7-6-18(26)20(11-23,12-24)9-13-2-4-14(21)5-3-13/h2-5,8,10,18,24,26H,6-7,9,11-12H2,1H3,(H,22,25)/t18-,20-/m0/s1. The topological polar surface area (TPSA) is 103 Å². The van der Waals surface area contributed by atoms with Crippen LogP contribution in [0.4, 0.5) is 4.39 Å². The van der Waals surface area contributed by atoms with Crippen molar-refractivity contribution in [2.24, 2.45) is 5.41 Å². The smallest absolute Gasteiger partial charge is 0.270 e. The molecule has 3 rings (SSSR count). The van der Waals surface area contributed by atoms with Crippen LogP contribution in [-0.2, 0) is 6.42 Å². The summed E-state index contributed by atoms with van der Waals surface area (Å²) in [6, 6.07) is 7.01. The summed E-state index contributed by atoms with van der Waals surface area (Å²) in [5.41, 5.74) is -0.530. The molecule has 0 radical (unpaired) electrons. The Kier molecular flexibility index (Phi) is 5.81. The van der Waals surface area contributed by atoms with Crippen molar-refractivity contribution in [3.8, 4) is 5.75 Å². The third-order valence-corrected chi connectivity index (χ3v) is 5.28. The van der Waals surface area contributed by atoms with E-state index in [0.717, 1.165) is 5.56 Å². The van der Waals surface area contributed by atoms with Crippen molar-refractivity contribution in [1.82, 2.24) is 9.88 Å². The van der Waals surface area contributed by atoms with Crippen LogP contribution in [0.1, 0.15) is 22.5 Å². The van der Waals surface area contributed by atoms with Crippen molar-refractivity contribution < 1.29 is 24.1 Å². The molecule has 1 amide bonds. The van der Waals surface area contributed by atoms with E-state index in [2.05, 4.69) is 4.98 Å². The molecule has 8 heteroatoms. The number of aliphatic hydroxyl groups excluding tert-OH is 2. The number of nitrogens with zero attached hydrogens (tertiary/aromatic N) is 1. The number of amides is 1. The predicted molar refractivity (Wildman–Crippen MR) is 99.8 cm³/mol. The zero-order chi connectivity index (χ0) is 20.3. The van der Waals surface area contributed by atoms with Crippen LogP contribution >= 0.6 is 0 Å². The molecule has 0 unspecified atom stereocenters. The van der Waals surface area contributed by atoms with Gasteiger partial charge in [0, 0.05) is 30.8 Å². The number of piperidine rings is 1. The number of nitrogens with one attached hydrogen (secondary N) is 1. The predicted octanol–water partition coefficient (Wildman–Crippen LogP) is 0.951. The number of rotatable bonds is 5. The lowest BCUT2D eigenvalue weighted by Crippen LogP contribution is -2.56. The molecule has 2 aromatic rings. The van der Waals surface area contributed by atoms with Crippen molar-refractivity contribution in [3.63, 3.8) is 0 Å². The Bertz CT molecular complexity index is 898. The second-order valence-corrected chi connectivity index (χ2v) is 7.13. The Morgan fingerprint density at radius 1 is 1.39 bits per heavy atom. The highest BCUT2D eigenvalue weighted by molar-refractivity contribution is 5.92. The van der Waals surface area contributed by atoms with Crippen molar-refractivity contribution in [1.29, 1.82) is 0 Å². The number of carbonyl (C=O) groups excluding carboxylic acids is 1. The van der Waals surface area contributed by atoms with Crippen molar-refractivity contribution in [2.45, 2.75) is 18.9 Å². The van der Waals surface area contributed by atoms with Gasteiger partial charge in [0.25, 0.3) is 5.91 Å². The molecular formula is C20H23FN2O5. The lowest BCUT2D eigenvalue weighted by atomic mass is 9.73. The highest BCUT2D eigenvalue weighted by atomic mass is 19.1. The fourth-order valence-electron chi connectivity index (χ4n) is 3.63. The molecule has 2 atom stereocenters. The van der Waals surface area contributed by atoms with E-state index in [-0.39, 0.29) is 43.3 Å². The highest BCUT2D eigenvalue weighted by Gasteiger charge is 2.44. The second kappa shape index (κ2) is 8.12. The first-order chi connectivity index (χ1) is 13.4. The molecule has 0 aliphatic carbocycles. The van der Waals surface area contributed by atoms with Crippen LogP contribution in [0.3, 0.4) is 0 Å². The van der Waals surface area contributed by atoms with Gasteiger partial charge >= 0.3 is 0 Å². The van der Waals surface area contributed by atoms with Gasteiger partial charge in [-0.05, 0) is 30.5 Å². The van der Waals surface area contributed by atoms with E-state index in [9.17, 15) is 24.2 Å². The maximum Gasteiger partial charge on any atom is 0.270 e. The summed E-state index contributed by atoms with van der Waals surface area (Å²) in [5, 5.41) is 20.6. The van der Waals surface area contributed by atoms with E-state index in [1.54, 1.807) is 12.1 Å². The Morgan fingerprint density at radius 3 is 2.71 bits per heavy atom. The first-order valence-electron chi connectivity index (χ1n) is 8.98. The fourth-order valence-corrected chi connectivity index (χ4v) is 3.63. The first-order valence-corrected chi connectivity index (χ1v) is 8.98. The van der Waals surface area contributed by atoms with Gasteiger partial charge in [0.05, 0.1) is 19.8 Å². The van der Waals surface area contributed by atoms with Gasteiger partial charge in [-0.2, -0.15) is 0 Å². The molecular weight excluding hydrogens is 367 g/mol. The monoisotopic (exact) mass is 390 g/mol. The number of aliphatic hydroxyl groups is 2. The molecule has 1 fully saturated rings. The summed E-state index contributed by atoms with van der Waals surface area (Å²) in [6.45, 7) is 0.0582. The van der Waals surface area contributed by atoms with Gasteiger partial charge in [-0.25, -0.2) is 4.39 Å². The SMILES string of the molecule is COc1c[nH]c(C(=O)N2CC[C@H](O)[C@@](CO)(Cc3ccc(F)cc3)C2)cc1=O. The van der Waals surface area contributed by atoms with E-state index in [0.29, 0.717) is 6.54 Å². The minimum atomic E-state index is -0.974. The molecule has 1 aliphatic heterocycles. The number of aromatic nitrogens is 1. The van der Waals surface area contributed by atoms with E-state index in [4.69, 9.17) is 4.74 Å². The molecule has 28 heavy (non-hydrogen) atoms. The van der Waals surface area contributed by atoms with Crippen LogP contribution in [0.15, 0.2) is 41.3 Å². The lowest BCUT2D eigenvalue weighted by Gasteiger charge is -2.45. The van der Waals surface area contributed by atoms with Gasteiger partial charge in [0.1, 0.15) is 11.5 Å². The Morgan fingerprint density at radius 2 is 2.11 bits per heavy atom. The van der Waals surface area contributed by atoms with Crippen molar-refractivity contribution in [3.05, 3.63) is 63.8 Å². The third kappa shape index (κ3) is 3.93. The van der Waals surface area contributed by atoms with Crippen LogP contribution in [0, 0.1) is 11.2 Å². The summed E-state index contributed by atoms with van der Waals surface area (Å²) < 4.78 is 18.1. The number of hydrogen-bond acceptors (Lipinski definition) is 5. The Balaban J connectivity index is 1.83. The summed E-state index contributed by atoms with van der Waals surface area (Å²) in [6.07, 6.45) is 1.08. The number of hydrogen-bond donors (Lipinski definition) is 3. The molecule has 3 N–H and O–H groups in total. The molecule has 7 nitrogen and oxygen atoms in total. The summed E-state index contributed by atoms with van der Waals surface area (Å²) >= 11 is 0. The number of halogens is 1. The lowest BCUT2D eigenvalue weighted by molar-refractivity contribution is -0.0669. The number of methoxy groups -OCH3 is 1. The molecule has 2 heterocycles. The van der Waals surface area contributed by atoms with Crippen LogP contribution in [0.5, 0.6) is 5.75 Å². The van der Waals surface area contributed by atoms with Crippen molar-refractivity contribution in [2.75, 3.05) is 26.8 Å². The van der Waals surface area contributed by atoms with E-state index >= 15 is 0 Å². The number of H-pyrrole nitrogens is 1. The Hall–Kier alpha value is -2.71. The molecule has 1 aromatic heterocycles. The van der Waals surface area contributed by atoms with Gasteiger partial charge in [-0.1, -0.05) is 12.1 Å². The van der Waals surface area contributed by atoms with Gasteiger partial charge in [0.2, 0.25) is 5.43 Å². The third-order valence-electron chi connectivity index (χ3n) is 5.28. The van der Waals surface area contributed by atoms with Gasteiger partial charge in [-0.15, -0.1) is 0 Å². The maximum atomic E-state index is 13.2. The highest BCUT2D eigenvalue weighted by Crippen LogP contribution is 2.34. The average Bonchev–Trinajstić information content (AvgIpc) is 2.70. The van der Waals surface area contributed by atoms with Crippen LogP contribution in [0.25, 0.3) is 0 Å². The van der Waals surface area contributed by atoms with Crippen LogP contribution < -0.4 is 10.2 Å². The minimum absolute atomic E-state index is 0.103. The van der Waals surface area contributed by atoms with Gasteiger partial charge in [-0.3, -0.25) is 9.59 Å². The van der Waals surface area contributed by atoms with Gasteiger partial charge in [0.15, 0.2) is 5.75 Å². The molecule has 1 saturated heterocycles. The normalized spacial score (nSPS) is 22.1. The van der Waals surface area contributed by atoms with Crippen molar-refractivity contribution >= 4 is 5.91 Å². The number of pyridine rings is 1. The first kappa shape index (κ1) is 20.0. The molecule has 0 bridgehead atoms. The van der Waals surface area contributed by atoms with Crippen LogP contribution in [0.2, 0.25) is 0 Å². The molecule has 0 saturated carbocycles. The maximum absolute atomic E-state index is 13.2. The average molecular weight is 390 g/mol. The number of benzene rings is 1. The van der Waals surface area contributed by atoms with E-state index in [1.165, 1.54) is 36.4 Å². The number of likely N-dealkylation sites (tertiary alicyclic amines) is 1. The number of ether oxygens (including phenoxy) is 1. The largest absolute Gasteiger partial charge is 0.491 e. The number of aromatic amines is 1. The zero-order valence-electron chi connectivity index (χ0n) is 15.5. The Labute approximate surface area is 161 Å². The zero-order valence-corrected chi connectivity index (χ0v) is 15.5. The fraction of sp³-hybridized carbons (Fsp3) is 0.400. The summed E-state index contributed by atoms with van der Waals surface area (Å²) in [5.74, 6) is -0.665.